The summed E-state index contributed by atoms with van der Waals surface area (Å²) in [6, 6.07) is 16.2. The first-order chi connectivity index (χ1) is 18.1. The quantitative estimate of drug-likeness (QED) is 0.326. The molecule has 1 amide bonds. The average molecular weight is 598 g/mol. The van der Waals surface area contributed by atoms with Gasteiger partial charge in [0.05, 0.1) is 23.8 Å². The van der Waals surface area contributed by atoms with Gasteiger partial charge in [-0.2, -0.15) is 4.31 Å². The molecule has 1 aliphatic rings. The number of nitrogens with one attached hydrogen (secondary N) is 2. The number of carbonyl (C=O) groups is 1. The SMILES string of the molecule is O=C(NCc1ccc(S(=O)(=O)N2CCC(Nc3cccc(S(=O)(=O)CCO)c3)CC2)s1)c1ccc(Cl)cc1. The van der Waals surface area contributed by atoms with E-state index in [9.17, 15) is 21.6 Å². The summed E-state index contributed by atoms with van der Waals surface area (Å²) in [4.78, 5) is 13.2. The highest BCUT2D eigenvalue weighted by atomic mass is 35.5. The highest BCUT2D eigenvalue weighted by molar-refractivity contribution is 7.91. The normalized spacial score (nSPS) is 15.3. The molecule has 1 aliphatic heterocycles. The van der Waals surface area contributed by atoms with E-state index in [2.05, 4.69) is 10.6 Å². The Labute approximate surface area is 231 Å². The van der Waals surface area contributed by atoms with Crippen molar-refractivity contribution in [1.82, 2.24) is 9.62 Å². The predicted octanol–water partition coefficient (Wildman–Crippen LogP) is 3.36. The number of carbonyl (C=O) groups excluding carboxylic acids is 1. The third-order valence-corrected chi connectivity index (χ3v) is 11.5. The summed E-state index contributed by atoms with van der Waals surface area (Å²) >= 11 is 6.98. The van der Waals surface area contributed by atoms with Crippen molar-refractivity contribution in [2.45, 2.75) is 34.5 Å². The van der Waals surface area contributed by atoms with Crippen LogP contribution in [-0.2, 0) is 26.4 Å². The molecule has 0 spiro atoms. The summed E-state index contributed by atoms with van der Waals surface area (Å²) in [5, 5.41) is 15.6. The van der Waals surface area contributed by atoms with Crippen LogP contribution in [0.2, 0.25) is 5.02 Å². The van der Waals surface area contributed by atoms with Crippen molar-refractivity contribution in [3.05, 3.63) is 76.1 Å². The summed E-state index contributed by atoms with van der Waals surface area (Å²) in [5.74, 6) is -0.614. The van der Waals surface area contributed by atoms with Crippen LogP contribution < -0.4 is 10.6 Å². The molecule has 3 aromatic rings. The van der Waals surface area contributed by atoms with E-state index in [1.54, 1.807) is 48.5 Å². The molecular weight excluding hydrogens is 570 g/mol. The molecule has 0 saturated carbocycles. The van der Waals surface area contributed by atoms with Crippen LogP contribution in [0, 0.1) is 0 Å². The van der Waals surface area contributed by atoms with Gasteiger partial charge in [0.25, 0.3) is 15.9 Å². The van der Waals surface area contributed by atoms with Crippen molar-refractivity contribution < 1.29 is 26.7 Å². The Hall–Kier alpha value is -2.48. The largest absolute Gasteiger partial charge is 0.395 e. The summed E-state index contributed by atoms with van der Waals surface area (Å²) in [7, 11) is -7.23. The van der Waals surface area contributed by atoms with Crippen LogP contribution in [0.4, 0.5) is 5.69 Å². The Morgan fingerprint density at radius 2 is 1.74 bits per heavy atom. The third kappa shape index (κ3) is 6.93. The zero-order valence-corrected chi connectivity index (χ0v) is 23.5. The second kappa shape index (κ2) is 12.1. The second-order valence-electron chi connectivity index (χ2n) is 8.80. The molecule has 0 unspecified atom stereocenters. The fourth-order valence-electron chi connectivity index (χ4n) is 4.08. The second-order valence-corrected chi connectivity index (χ2v) is 14.7. The molecule has 13 heteroatoms. The van der Waals surface area contributed by atoms with Gasteiger partial charge in [0.15, 0.2) is 9.84 Å². The fraction of sp³-hybridized carbons (Fsp3) is 0.320. The Kier molecular flexibility index (Phi) is 9.11. The van der Waals surface area contributed by atoms with Gasteiger partial charge in [-0.05, 0) is 67.4 Å². The van der Waals surface area contributed by atoms with Crippen molar-refractivity contribution >= 4 is 54.4 Å². The first-order valence-electron chi connectivity index (χ1n) is 11.9. The van der Waals surface area contributed by atoms with Crippen molar-refractivity contribution in [2.75, 3.05) is 30.8 Å². The molecule has 0 atom stereocenters. The molecule has 2 aromatic carbocycles. The van der Waals surface area contributed by atoms with Gasteiger partial charge in [0.1, 0.15) is 4.21 Å². The van der Waals surface area contributed by atoms with E-state index in [1.165, 1.54) is 16.4 Å². The molecule has 3 N–H and O–H groups in total. The van der Waals surface area contributed by atoms with E-state index < -0.39 is 26.5 Å². The van der Waals surface area contributed by atoms with Crippen LogP contribution in [0.25, 0.3) is 0 Å². The van der Waals surface area contributed by atoms with Crippen LogP contribution in [0.15, 0.2) is 69.8 Å². The monoisotopic (exact) mass is 597 g/mol. The molecule has 9 nitrogen and oxygen atoms in total. The molecule has 1 aromatic heterocycles. The van der Waals surface area contributed by atoms with Gasteiger partial charge >= 0.3 is 0 Å². The predicted molar refractivity (Wildman–Crippen MR) is 148 cm³/mol. The van der Waals surface area contributed by atoms with Crippen molar-refractivity contribution in [3.8, 4) is 0 Å². The number of thiophene rings is 1. The Morgan fingerprint density at radius 1 is 1.03 bits per heavy atom. The molecule has 204 valence electrons. The topological polar surface area (TPSA) is 133 Å². The summed E-state index contributed by atoms with van der Waals surface area (Å²) < 4.78 is 52.5. The number of hydrogen-bond donors (Lipinski definition) is 3. The number of aliphatic hydroxyl groups is 1. The number of piperidine rings is 1. The third-order valence-electron chi connectivity index (χ3n) is 6.14. The number of sulfonamides is 1. The number of sulfone groups is 1. The van der Waals surface area contributed by atoms with Crippen LogP contribution in [0.1, 0.15) is 28.1 Å². The number of hydrogen-bond acceptors (Lipinski definition) is 8. The van der Waals surface area contributed by atoms with Gasteiger partial charge in [0, 0.05) is 40.3 Å². The highest BCUT2D eigenvalue weighted by Crippen LogP contribution is 2.28. The molecule has 1 saturated heterocycles. The Balaban J connectivity index is 1.32. The summed E-state index contributed by atoms with van der Waals surface area (Å²) in [6.07, 6.45) is 1.12. The molecular formula is C25H28ClN3O6S3. The van der Waals surface area contributed by atoms with Crippen molar-refractivity contribution in [3.63, 3.8) is 0 Å². The molecule has 2 heterocycles. The minimum atomic E-state index is -3.67. The highest BCUT2D eigenvalue weighted by Gasteiger charge is 2.30. The number of anilines is 1. The molecule has 38 heavy (non-hydrogen) atoms. The van der Waals surface area contributed by atoms with E-state index in [0.29, 0.717) is 42.2 Å². The van der Waals surface area contributed by atoms with Gasteiger partial charge in [-0.15, -0.1) is 11.3 Å². The number of amides is 1. The minimum absolute atomic E-state index is 0.0146. The standard InChI is InChI=1S/C25H28ClN3O6S3/c26-19-6-4-18(5-7-19)25(31)27-17-22-8-9-24(36-22)38(34,35)29-12-10-20(11-13-29)28-21-2-1-3-23(16-21)37(32,33)15-14-30/h1-9,16,20,28,30H,10-15,17H2,(H,27,31). The molecule has 0 radical (unpaired) electrons. The lowest BCUT2D eigenvalue weighted by Gasteiger charge is -2.31. The molecule has 4 rings (SSSR count). The number of halogens is 1. The maximum Gasteiger partial charge on any atom is 0.252 e. The Morgan fingerprint density at radius 3 is 2.42 bits per heavy atom. The number of nitrogens with zero attached hydrogens (tertiary/aromatic N) is 1. The number of benzene rings is 2. The van der Waals surface area contributed by atoms with Crippen LogP contribution in [-0.4, -0.2) is 63.6 Å². The van der Waals surface area contributed by atoms with E-state index >= 15 is 0 Å². The lowest BCUT2D eigenvalue weighted by Crippen LogP contribution is -2.42. The smallest absolute Gasteiger partial charge is 0.252 e. The van der Waals surface area contributed by atoms with E-state index in [1.807, 2.05) is 0 Å². The van der Waals surface area contributed by atoms with Gasteiger partial charge in [-0.25, -0.2) is 16.8 Å². The van der Waals surface area contributed by atoms with Gasteiger partial charge < -0.3 is 15.7 Å². The summed E-state index contributed by atoms with van der Waals surface area (Å²) in [5.41, 5.74) is 1.10. The van der Waals surface area contributed by atoms with Gasteiger partial charge in [-0.1, -0.05) is 17.7 Å². The Bertz CT molecular complexity index is 1480. The average Bonchev–Trinajstić information content (AvgIpc) is 3.38. The van der Waals surface area contributed by atoms with Crippen molar-refractivity contribution in [2.24, 2.45) is 0 Å². The van der Waals surface area contributed by atoms with Crippen molar-refractivity contribution in [1.29, 1.82) is 0 Å². The van der Waals surface area contributed by atoms with E-state index in [4.69, 9.17) is 16.7 Å². The lowest BCUT2D eigenvalue weighted by molar-refractivity contribution is 0.0951. The summed E-state index contributed by atoms with van der Waals surface area (Å²) in [6.45, 7) is 0.406. The van der Waals surface area contributed by atoms with Gasteiger partial charge in [0.2, 0.25) is 0 Å². The lowest BCUT2D eigenvalue weighted by atomic mass is 10.1. The van der Waals surface area contributed by atoms with Crippen LogP contribution in [0.5, 0.6) is 0 Å². The van der Waals surface area contributed by atoms with Crippen LogP contribution in [0.3, 0.4) is 0 Å². The minimum Gasteiger partial charge on any atom is -0.395 e. The first-order valence-corrected chi connectivity index (χ1v) is 16.2. The zero-order valence-electron chi connectivity index (χ0n) is 20.3. The van der Waals surface area contributed by atoms with Gasteiger partial charge in [-0.3, -0.25) is 4.79 Å². The van der Waals surface area contributed by atoms with E-state index in [-0.39, 0.29) is 33.4 Å². The zero-order chi connectivity index (χ0) is 27.3. The molecule has 1 fully saturated rings. The maximum absolute atomic E-state index is 13.2. The number of rotatable bonds is 10. The first kappa shape index (κ1) is 28.5. The molecule has 0 bridgehead atoms. The van der Waals surface area contributed by atoms with E-state index in [0.717, 1.165) is 16.2 Å². The fourth-order valence-corrected chi connectivity index (χ4v) is 8.20. The number of aliphatic hydroxyl groups excluding tert-OH is 1. The van der Waals surface area contributed by atoms with Crippen LogP contribution >= 0.6 is 22.9 Å². The maximum atomic E-state index is 13.2. The molecule has 0 aliphatic carbocycles.